The highest BCUT2D eigenvalue weighted by Crippen LogP contribution is 2.28. The molecule has 1 aromatic heterocycles. The Balaban J connectivity index is 1.92. The maximum Gasteiger partial charge on any atom is 0.242 e. The lowest BCUT2D eigenvalue weighted by Gasteiger charge is -2.35. The largest absolute Gasteiger partial charge is 0.353 e. The zero-order valence-electron chi connectivity index (χ0n) is 11.7. The first-order chi connectivity index (χ1) is 10.1. The van der Waals surface area contributed by atoms with Gasteiger partial charge in [-0.1, -0.05) is 6.07 Å². The van der Waals surface area contributed by atoms with Crippen LogP contribution in [0.2, 0.25) is 0 Å². The van der Waals surface area contributed by atoms with Gasteiger partial charge in [-0.05, 0) is 30.2 Å². The van der Waals surface area contributed by atoms with Gasteiger partial charge in [0, 0.05) is 25.0 Å². The quantitative estimate of drug-likeness (QED) is 0.946. The smallest absolute Gasteiger partial charge is 0.242 e. The third kappa shape index (κ3) is 2.96. The van der Waals surface area contributed by atoms with Crippen LogP contribution >= 0.6 is 11.3 Å². The molecule has 6 heteroatoms. The van der Waals surface area contributed by atoms with Crippen molar-refractivity contribution in [1.29, 1.82) is 0 Å². The highest BCUT2D eigenvalue weighted by Gasteiger charge is 2.32. The van der Waals surface area contributed by atoms with Crippen LogP contribution in [0.15, 0.2) is 29.1 Å². The number of carbonyl (C=O) groups excluding carboxylic acids is 1. The van der Waals surface area contributed by atoms with Crippen LogP contribution in [-0.2, 0) is 11.3 Å². The monoisotopic (exact) mass is 305 g/mol. The van der Waals surface area contributed by atoms with E-state index in [4.69, 9.17) is 0 Å². The van der Waals surface area contributed by atoms with E-state index in [-0.39, 0.29) is 17.8 Å². The number of aromatic nitrogens is 1. The SMILES string of the molecule is Cc1cc(F)ccc1C1C(=O)NCCN1Cc1cscn1. The standard InChI is InChI=1S/C15H16FN3OS/c1-10-6-11(16)2-3-13(10)14-15(20)17-4-5-19(14)7-12-8-21-9-18-12/h2-3,6,8-9,14H,4-5,7H2,1H3,(H,17,20). The maximum atomic E-state index is 13.3. The number of nitrogens with one attached hydrogen (secondary N) is 1. The summed E-state index contributed by atoms with van der Waals surface area (Å²) in [7, 11) is 0. The molecule has 1 aliphatic rings. The molecule has 1 fully saturated rings. The van der Waals surface area contributed by atoms with Gasteiger partial charge in [-0.3, -0.25) is 9.69 Å². The molecule has 1 aromatic carbocycles. The first kappa shape index (κ1) is 14.2. The Morgan fingerprint density at radius 2 is 2.38 bits per heavy atom. The van der Waals surface area contributed by atoms with E-state index < -0.39 is 0 Å². The lowest BCUT2D eigenvalue weighted by Crippen LogP contribution is -2.49. The molecule has 1 saturated heterocycles. The highest BCUT2D eigenvalue weighted by molar-refractivity contribution is 7.07. The first-order valence-corrected chi connectivity index (χ1v) is 7.74. The van der Waals surface area contributed by atoms with E-state index in [0.717, 1.165) is 23.4 Å². The van der Waals surface area contributed by atoms with Crippen molar-refractivity contribution in [2.24, 2.45) is 0 Å². The Hall–Kier alpha value is -1.79. The highest BCUT2D eigenvalue weighted by atomic mass is 32.1. The van der Waals surface area contributed by atoms with Crippen LogP contribution in [-0.4, -0.2) is 28.9 Å². The van der Waals surface area contributed by atoms with Crippen LogP contribution in [0.1, 0.15) is 22.9 Å². The molecular formula is C15H16FN3OS. The maximum absolute atomic E-state index is 13.3. The summed E-state index contributed by atoms with van der Waals surface area (Å²) >= 11 is 1.54. The third-order valence-corrected chi connectivity index (χ3v) is 4.32. The molecule has 0 spiro atoms. The second-order valence-electron chi connectivity index (χ2n) is 5.14. The number of amides is 1. The van der Waals surface area contributed by atoms with Crippen molar-refractivity contribution in [3.63, 3.8) is 0 Å². The molecule has 1 N–H and O–H groups in total. The molecule has 2 aromatic rings. The van der Waals surface area contributed by atoms with E-state index in [2.05, 4.69) is 15.2 Å². The predicted octanol–water partition coefficient (Wildman–Crippen LogP) is 2.26. The van der Waals surface area contributed by atoms with Gasteiger partial charge in [0.2, 0.25) is 5.91 Å². The fourth-order valence-electron chi connectivity index (χ4n) is 2.69. The zero-order valence-corrected chi connectivity index (χ0v) is 12.5. The molecule has 0 aliphatic carbocycles. The Bertz CT molecular complexity index is 644. The number of aryl methyl sites for hydroxylation is 1. The first-order valence-electron chi connectivity index (χ1n) is 6.80. The molecule has 1 unspecified atom stereocenters. The zero-order chi connectivity index (χ0) is 14.8. The van der Waals surface area contributed by atoms with Gasteiger partial charge in [-0.25, -0.2) is 9.37 Å². The number of halogens is 1. The van der Waals surface area contributed by atoms with Gasteiger partial charge in [0.1, 0.15) is 11.9 Å². The minimum atomic E-state index is -0.388. The van der Waals surface area contributed by atoms with E-state index in [1.54, 1.807) is 22.9 Å². The van der Waals surface area contributed by atoms with Gasteiger partial charge < -0.3 is 5.32 Å². The van der Waals surface area contributed by atoms with E-state index in [1.165, 1.54) is 12.1 Å². The molecular weight excluding hydrogens is 289 g/mol. The molecule has 3 rings (SSSR count). The van der Waals surface area contributed by atoms with Gasteiger partial charge in [0.25, 0.3) is 0 Å². The molecule has 0 saturated carbocycles. The number of hydrogen-bond acceptors (Lipinski definition) is 4. The summed E-state index contributed by atoms with van der Waals surface area (Å²) in [5, 5.41) is 4.88. The van der Waals surface area contributed by atoms with Crippen LogP contribution in [0.4, 0.5) is 4.39 Å². The van der Waals surface area contributed by atoms with Crippen LogP contribution in [0.25, 0.3) is 0 Å². The molecule has 110 valence electrons. The summed E-state index contributed by atoms with van der Waals surface area (Å²) in [6.07, 6.45) is 0. The van der Waals surface area contributed by atoms with Crippen LogP contribution in [0.5, 0.6) is 0 Å². The number of piperazine rings is 1. The van der Waals surface area contributed by atoms with E-state index >= 15 is 0 Å². The molecule has 0 radical (unpaired) electrons. The van der Waals surface area contributed by atoms with Crippen molar-refractivity contribution in [2.45, 2.75) is 19.5 Å². The fraction of sp³-hybridized carbons (Fsp3) is 0.333. The van der Waals surface area contributed by atoms with E-state index in [0.29, 0.717) is 13.1 Å². The third-order valence-electron chi connectivity index (χ3n) is 3.69. The Morgan fingerprint density at radius 3 is 3.10 bits per heavy atom. The fourth-order valence-corrected chi connectivity index (χ4v) is 3.24. The van der Waals surface area contributed by atoms with Crippen molar-refractivity contribution in [3.05, 3.63) is 51.7 Å². The number of nitrogens with zero attached hydrogens (tertiary/aromatic N) is 2. The summed E-state index contributed by atoms with van der Waals surface area (Å²) in [5.74, 6) is -0.315. The van der Waals surface area contributed by atoms with Crippen LogP contribution in [0.3, 0.4) is 0 Å². The summed E-state index contributed by atoms with van der Waals surface area (Å²) in [4.78, 5) is 18.7. The average Bonchev–Trinajstić information content (AvgIpc) is 2.93. The predicted molar refractivity (Wildman–Crippen MR) is 79.4 cm³/mol. The van der Waals surface area contributed by atoms with Crippen molar-refractivity contribution < 1.29 is 9.18 Å². The number of carbonyl (C=O) groups is 1. The number of thiazole rings is 1. The minimum Gasteiger partial charge on any atom is -0.353 e. The van der Waals surface area contributed by atoms with E-state index in [1.807, 2.05) is 12.3 Å². The molecule has 1 atom stereocenters. The summed E-state index contributed by atoms with van der Waals surface area (Å²) in [6, 6.07) is 4.19. The van der Waals surface area contributed by atoms with Crippen LogP contribution < -0.4 is 5.32 Å². The summed E-state index contributed by atoms with van der Waals surface area (Å²) in [5.41, 5.74) is 4.39. The normalized spacial score (nSPS) is 19.5. The summed E-state index contributed by atoms with van der Waals surface area (Å²) in [6.45, 7) is 3.84. The Kier molecular flexibility index (Phi) is 3.98. The molecule has 4 nitrogen and oxygen atoms in total. The lowest BCUT2D eigenvalue weighted by atomic mass is 9.97. The van der Waals surface area contributed by atoms with Crippen molar-refractivity contribution in [3.8, 4) is 0 Å². The van der Waals surface area contributed by atoms with E-state index in [9.17, 15) is 9.18 Å². The second-order valence-corrected chi connectivity index (χ2v) is 5.86. The molecule has 2 heterocycles. The van der Waals surface area contributed by atoms with Gasteiger partial charge in [0.15, 0.2) is 0 Å². The molecule has 1 amide bonds. The van der Waals surface area contributed by atoms with Crippen molar-refractivity contribution >= 4 is 17.2 Å². The van der Waals surface area contributed by atoms with Crippen molar-refractivity contribution in [1.82, 2.24) is 15.2 Å². The number of hydrogen-bond donors (Lipinski definition) is 1. The van der Waals surface area contributed by atoms with Gasteiger partial charge in [-0.2, -0.15) is 0 Å². The average molecular weight is 305 g/mol. The van der Waals surface area contributed by atoms with Gasteiger partial charge >= 0.3 is 0 Å². The van der Waals surface area contributed by atoms with Gasteiger partial charge in [0.05, 0.1) is 11.2 Å². The molecule has 0 bridgehead atoms. The Labute approximate surface area is 126 Å². The second kappa shape index (κ2) is 5.91. The van der Waals surface area contributed by atoms with Gasteiger partial charge in [-0.15, -0.1) is 11.3 Å². The Morgan fingerprint density at radius 1 is 1.52 bits per heavy atom. The number of benzene rings is 1. The molecule has 21 heavy (non-hydrogen) atoms. The lowest BCUT2D eigenvalue weighted by molar-refractivity contribution is -0.129. The van der Waals surface area contributed by atoms with Crippen LogP contribution in [0, 0.1) is 12.7 Å². The number of rotatable bonds is 3. The van der Waals surface area contributed by atoms with Crippen molar-refractivity contribution in [2.75, 3.05) is 13.1 Å². The molecule has 1 aliphatic heterocycles. The minimum absolute atomic E-state index is 0.0359. The summed E-state index contributed by atoms with van der Waals surface area (Å²) < 4.78 is 13.3. The topological polar surface area (TPSA) is 45.2 Å².